The quantitative estimate of drug-likeness (QED) is 0.391. The van der Waals surface area contributed by atoms with Gasteiger partial charge in [-0.05, 0) is 53.6 Å². The minimum atomic E-state index is -0.532. The summed E-state index contributed by atoms with van der Waals surface area (Å²) in [4.78, 5) is 27.2. The van der Waals surface area contributed by atoms with Crippen LogP contribution in [0.25, 0.3) is 6.08 Å². The van der Waals surface area contributed by atoms with Gasteiger partial charge in [0.2, 0.25) is 0 Å². The normalized spacial score (nSPS) is 14.1. The highest BCUT2D eigenvalue weighted by Crippen LogP contribution is 2.36. The van der Waals surface area contributed by atoms with Crippen molar-refractivity contribution in [2.24, 2.45) is 0 Å². The third kappa shape index (κ3) is 5.74. The molecule has 0 saturated carbocycles. The molecule has 7 nitrogen and oxygen atoms in total. The van der Waals surface area contributed by atoms with Crippen molar-refractivity contribution in [3.05, 3.63) is 101 Å². The van der Waals surface area contributed by atoms with Crippen LogP contribution in [0.2, 0.25) is 0 Å². The number of hydrogen-bond donors (Lipinski definition) is 1. The maximum Gasteiger partial charge on any atom is 0.294 e. The largest absolute Gasteiger partial charge is 0.449 e. The number of fused-ring (bicyclic) bond motifs is 1. The molecule has 0 aliphatic carbocycles. The number of amides is 2. The first kappa shape index (κ1) is 24.1. The Balaban J connectivity index is 1.54. The van der Waals surface area contributed by atoms with E-state index < -0.39 is 6.29 Å². The molecule has 3 aromatic rings. The molecule has 4 rings (SSSR count). The van der Waals surface area contributed by atoms with Gasteiger partial charge in [-0.1, -0.05) is 36.4 Å². The number of benzene rings is 3. The average molecular weight is 477 g/mol. The number of nitrogens with one attached hydrogen (secondary N) is 1. The van der Waals surface area contributed by atoms with Gasteiger partial charge in [0.1, 0.15) is 5.82 Å². The van der Waals surface area contributed by atoms with Gasteiger partial charge in [-0.25, -0.2) is 4.39 Å². The molecule has 35 heavy (non-hydrogen) atoms. The Hall–Kier alpha value is -4.01. The Kier molecular flexibility index (Phi) is 7.54. The fourth-order valence-electron chi connectivity index (χ4n) is 3.66. The highest BCUT2D eigenvalue weighted by molar-refractivity contribution is 6.09. The van der Waals surface area contributed by atoms with E-state index in [1.54, 1.807) is 59.5 Å². The number of nitrogens with zero attached hydrogens (tertiary/aromatic N) is 1. The Morgan fingerprint density at radius 2 is 1.80 bits per heavy atom. The van der Waals surface area contributed by atoms with Crippen molar-refractivity contribution in [3.63, 3.8) is 0 Å². The molecule has 0 radical (unpaired) electrons. The number of halogens is 1. The van der Waals surface area contributed by atoms with Gasteiger partial charge in [0.15, 0.2) is 17.8 Å². The maximum atomic E-state index is 13.7. The number of methoxy groups -OCH3 is 2. The molecular formula is C27H25FN2O5. The summed E-state index contributed by atoms with van der Waals surface area (Å²) < 4.78 is 29.7. The van der Waals surface area contributed by atoms with Crippen molar-refractivity contribution >= 4 is 23.6 Å². The number of ether oxygens (including phenoxy) is 3. The molecule has 8 heteroatoms. The van der Waals surface area contributed by atoms with Gasteiger partial charge in [0.05, 0.1) is 18.8 Å². The summed E-state index contributed by atoms with van der Waals surface area (Å²) in [5, 5.41) is 2.74. The van der Waals surface area contributed by atoms with Gasteiger partial charge in [-0.2, -0.15) is 0 Å². The summed E-state index contributed by atoms with van der Waals surface area (Å²) in [6.45, 7) is 0.401. The third-order valence-electron chi connectivity index (χ3n) is 5.49. The zero-order chi connectivity index (χ0) is 24.8. The van der Waals surface area contributed by atoms with Crippen molar-refractivity contribution in [1.82, 2.24) is 5.32 Å². The van der Waals surface area contributed by atoms with Crippen molar-refractivity contribution in [2.75, 3.05) is 25.7 Å². The second kappa shape index (κ2) is 10.9. The van der Waals surface area contributed by atoms with Gasteiger partial charge < -0.3 is 19.5 Å². The summed E-state index contributed by atoms with van der Waals surface area (Å²) in [5.41, 5.74) is 2.40. The van der Waals surface area contributed by atoms with Crippen LogP contribution in [0.15, 0.2) is 78.6 Å². The van der Waals surface area contributed by atoms with Crippen LogP contribution < -0.4 is 15.0 Å². The molecule has 0 bridgehead atoms. The highest BCUT2D eigenvalue weighted by Gasteiger charge is 2.30. The van der Waals surface area contributed by atoms with Crippen LogP contribution in [0.3, 0.4) is 0 Å². The molecule has 0 spiro atoms. The third-order valence-corrected chi connectivity index (χ3v) is 5.49. The molecule has 1 heterocycles. The van der Waals surface area contributed by atoms with Crippen molar-refractivity contribution in [3.8, 4) is 5.75 Å². The van der Waals surface area contributed by atoms with Crippen LogP contribution >= 0.6 is 0 Å². The zero-order valence-electron chi connectivity index (χ0n) is 19.4. The van der Waals surface area contributed by atoms with Gasteiger partial charge in [-0.3, -0.25) is 14.5 Å². The van der Waals surface area contributed by atoms with Gasteiger partial charge in [-0.15, -0.1) is 0 Å². The summed E-state index contributed by atoms with van der Waals surface area (Å²) >= 11 is 0. The lowest BCUT2D eigenvalue weighted by Crippen LogP contribution is -2.36. The lowest BCUT2D eigenvalue weighted by molar-refractivity contribution is -0.117. The lowest BCUT2D eigenvalue weighted by Gasteiger charge is -2.30. The maximum absolute atomic E-state index is 13.7. The molecular weight excluding hydrogens is 451 g/mol. The van der Waals surface area contributed by atoms with Gasteiger partial charge in [0.25, 0.3) is 11.8 Å². The van der Waals surface area contributed by atoms with Crippen LogP contribution in [-0.2, 0) is 20.8 Å². The number of carbonyl (C=O) groups excluding carboxylic acids is 2. The van der Waals surface area contributed by atoms with Crippen LogP contribution in [-0.4, -0.2) is 38.9 Å². The van der Waals surface area contributed by atoms with E-state index in [0.717, 1.165) is 0 Å². The van der Waals surface area contributed by atoms with Crippen molar-refractivity contribution in [1.29, 1.82) is 0 Å². The Bertz CT molecular complexity index is 1240. The van der Waals surface area contributed by atoms with E-state index in [0.29, 0.717) is 28.1 Å². The first-order chi connectivity index (χ1) is 17.0. The van der Waals surface area contributed by atoms with Gasteiger partial charge in [0, 0.05) is 19.8 Å². The van der Waals surface area contributed by atoms with E-state index in [1.807, 2.05) is 12.1 Å². The average Bonchev–Trinajstić information content (AvgIpc) is 2.87. The van der Waals surface area contributed by atoms with E-state index in [1.165, 1.54) is 26.4 Å². The Morgan fingerprint density at radius 3 is 2.51 bits per heavy atom. The number of carbonyl (C=O) groups is 2. The first-order valence-electron chi connectivity index (χ1n) is 11.0. The number of anilines is 1. The minimum Gasteiger partial charge on any atom is -0.449 e. The smallest absolute Gasteiger partial charge is 0.294 e. The molecule has 0 atom stereocenters. The molecule has 1 aliphatic rings. The molecule has 0 unspecified atom stereocenters. The summed E-state index contributed by atoms with van der Waals surface area (Å²) in [7, 11) is 2.99. The number of hydrogen-bond acceptors (Lipinski definition) is 5. The van der Waals surface area contributed by atoms with Crippen LogP contribution in [0.5, 0.6) is 5.75 Å². The SMILES string of the molecule is COC(CNC(=O)c1ccc(C=C2Oc3ccccc3N(Cc3cccc(F)c3)C2=O)cc1)OC. The van der Waals surface area contributed by atoms with E-state index in [9.17, 15) is 14.0 Å². The molecule has 3 aromatic carbocycles. The molecule has 0 fully saturated rings. The standard InChI is InChI=1S/C27H25FN2O5/c1-33-25(34-2)16-29-26(31)20-12-10-18(11-13-20)15-24-27(32)30(17-19-6-5-7-21(28)14-19)22-8-3-4-9-23(22)35-24/h3-15,25H,16-17H2,1-2H3,(H,29,31). The van der Waals surface area contributed by atoms with Crippen LogP contribution in [0.4, 0.5) is 10.1 Å². The summed E-state index contributed by atoms with van der Waals surface area (Å²) in [6.07, 6.45) is 1.08. The van der Waals surface area contributed by atoms with E-state index in [-0.39, 0.29) is 36.5 Å². The summed E-state index contributed by atoms with van der Waals surface area (Å²) in [5.74, 6) is -0.336. The molecule has 1 N–H and O–H groups in total. The Labute approximate surface area is 202 Å². The second-order valence-electron chi connectivity index (χ2n) is 7.83. The monoisotopic (exact) mass is 476 g/mol. The molecule has 1 aliphatic heterocycles. The fourth-order valence-corrected chi connectivity index (χ4v) is 3.66. The molecule has 180 valence electrons. The molecule has 0 aromatic heterocycles. The predicted octanol–water partition coefficient (Wildman–Crippen LogP) is 4.14. The highest BCUT2D eigenvalue weighted by atomic mass is 19.1. The van der Waals surface area contributed by atoms with E-state index in [2.05, 4.69) is 5.32 Å². The van der Waals surface area contributed by atoms with Crippen molar-refractivity contribution < 1.29 is 28.2 Å². The first-order valence-corrected chi connectivity index (χ1v) is 11.0. The minimum absolute atomic E-state index is 0.125. The van der Waals surface area contributed by atoms with Crippen LogP contribution in [0, 0.1) is 5.82 Å². The fraction of sp³-hybridized carbons (Fsp3) is 0.185. The summed E-state index contributed by atoms with van der Waals surface area (Å²) in [6, 6.07) is 20.1. The van der Waals surface area contributed by atoms with Crippen LogP contribution in [0.1, 0.15) is 21.5 Å². The van der Waals surface area contributed by atoms with E-state index in [4.69, 9.17) is 14.2 Å². The number of para-hydroxylation sites is 2. The number of rotatable bonds is 8. The topological polar surface area (TPSA) is 77.1 Å². The zero-order valence-corrected chi connectivity index (χ0v) is 19.4. The molecule has 2 amide bonds. The predicted molar refractivity (Wildman–Crippen MR) is 129 cm³/mol. The molecule has 0 saturated heterocycles. The van der Waals surface area contributed by atoms with E-state index >= 15 is 0 Å². The Morgan fingerprint density at radius 1 is 1.06 bits per heavy atom. The van der Waals surface area contributed by atoms with Gasteiger partial charge >= 0.3 is 0 Å². The van der Waals surface area contributed by atoms with Crippen molar-refractivity contribution in [2.45, 2.75) is 12.8 Å². The lowest BCUT2D eigenvalue weighted by atomic mass is 10.1. The second-order valence-corrected chi connectivity index (χ2v) is 7.83.